The van der Waals surface area contributed by atoms with Gasteiger partial charge >= 0.3 is 0 Å². The highest BCUT2D eigenvalue weighted by molar-refractivity contribution is 7.80. The van der Waals surface area contributed by atoms with Gasteiger partial charge in [0, 0.05) is 42.3 Å². The Morgan fingerprint density at radius 2 is 1.93 bits per heavy atom. The zero-order valence-electron chi connectivity index (χ0n) is 17.3. The van der Waals surface area contributed by atoms with Gasteiger partial charge in [0.25, 0.3) is 5.91 Å². The van der Waals surface area contributed by atoms with Crippen LogP contribution in [0.25, 0.3) is 0 Å². The lowest BCUT2D eigenvalue weighted by Gasteiger charge is -2.22. The van der Waals surface area contributed by atoms with Gasteiger partial charge in [-0.15, -0.1) is 0 Å². The molecule has 2 aromatic carbocycles. The summed E-state index contributed by atoms with van der Waals surface area (Å²) in [5, 5.41) is 10.5. The van der Waals surface area contributed by atoms with Crippen molar-refractivity contribution >= 4 is 46.2 Å². The number of halogens is 1. The molecule has 0 spiro atoms. The number of benzene rings is 2. The van der Waals surface area contributed by atoms with Gasteiger partial charge in [0.05, 0.1) is 11.4 Å². The predicted molar refractivity (Wildman–Crippen MR) is 128 cm³/mol. The largest absolute Gasteiger partial charge is 0.361 e. The molecule has 3 rings (SSSR count). The van der Waals surface area contributed by atoms with Crippen LogP contribution in [0, 0.1) is 0 Å². The van der Waals surface area contributed by atoms with Crippen molar-refractivity contribution in [3.8, 4) is 0 Å². The van der Waals surface area contributed by atoms with Crippen molar-refractivity contribution in [2.45, 2.75) is 26.1 Å². The number of rotatable bonds is 6. The van der Waals surface area contributed by atoms with Crippen molar-refractivity contribution in [3.63, 3.8) is 0 Å². The molecule has 1 aliphatic heterocycles. The van der Waals surface area contributed by atoms with E-state index in [0.29, 0.717) is 28.4 Å². The number of benzodiazepines with no additional fused rings is 1. The van der Waals surface area contributed by atoms with Crippen molar-refractivity contribution in [2.75, 3.05) is 25.0 Å². The lowest BCUT2D eigenvalue weighted by Crippen LogP contribution is -2.50. The molecule has 0 aromatic heterocycles. The van der Waals surface area contributed by atoms with E-state index in [4.69, 9.17) is 28.8 Å². The van der Waals surface area contributed by atoms with E-state index in [9.17, 15) is 4.79 Å². The number of fused-ring (bicyclic) bond motifs is 1. The average molecular weight is 444 g/mol. The Morgan fingerprint density at radius 3 is 2.63 bits per heavy atom. The van der Waals surface area contributed by atoms with Crippen LogP contribution in [0.3, 0.4) is 0 Å². The molecule has 0 saturated carbocycles. The number of hydrogen-bond acceptors (Lipinski definition) is 4. The SMILES string of the molecule is CC(C)NCCNC(=S)NC1N=C(c2ccccc2)c2cc(Cl)ccc2N(C)C1=O. The van der Waals surface area contributed by atoms with Crippen molar-refractivity contribution in [2.24, 2.45) is 4.99 Å². The Labute approximate surface area is 187 Å². The fraction of sp³-hybridized carbons (Fsp3) is 0.318. The van der Waals surface area contributed by atoms with Crippen molar-refractivity contribution in [1.82, 2.24) is 16.0 Å². The van der Waals surface area contributed by atoms with E-state index in [0.717, 1.165) is 23.4 Å². The van der Waals surface area contributed by atoms with Crippen LogP contribution in [-0.4, -0.2) is 49.1 Å². The maximum absolute atomic E-state index is 13.1. The smallest absolute Gasteiger partial charge is 0.272 e. The van der Waals surface area contributed by atoms with Crippen LogP contribution in [0.15, 0.2) is 53.5 Å². The maximum Gasteiger partial charge on any atom is 0.272 e. The van der Waals surface area contributed by atoms with E-state index in [-0.39, 0.29) is 5.91 Å². The molecule has 1 atom stereocenters. The van der Waals surface area contributed by atoms with Gasteiger partial charge in [0.2, 0.25) is 6.17 Å². The van der Waals surface area contributed by atoms with Crippen LogP contribution < -0.4 is 20.9 Å². The van der Waals surface area contributed by atoms with Gasteiger partial charge in [0.15, 0.2) is 5.11 Å². The number of carbonyl (C=O) groups excluding carboxylic acids is 1. The summed E-state index contributed by atoms with van der Waals surface area (Å²) in [6, 6.07) is 15.6. The minimum atomic E-state index is -0.852. The number of hydrogen-bond donors (Lipinski definition) is 3. The fourth-order valence-electron chi connectivity index (χ4n) is 3.18. The zero-order valence-corrected chi connectivity index (χ0v) is 18.8. The van der Waals surface area contributed by atoms with Crippen molar-refractivity contribution in [3.05, 3.63) is 64.7 Å². The Bertz CT molecular complexity index is 948. The lowest BCUT2D eigenvalue weighted by atomic mass is 10.0. The van der Waals surface area contributed by atoms with Gasteiger partial charge in [0.1, 0.15) is 0 Å². The molecule has 1 aliphatic rings. The van der Waals surface area contributed by atoms with Gasteiger partial charge in [-0.2, -0.15) is 0 Å². The fourth-order valence-corrected chi connectivity index (χ4v) is 3.56. The first-order valence-electron chi connectivity index (χ1n) is 9.85. The quantitative estimate of drug-likeness (QED) is 0.473. The molecule has 0 saturated heterocycles. The van der Waals surface area contributed by atoms with Crippen molar-refractivity contribution < 1.29 is 4.79 Å². The van der Waals surface area contributed by atoms with E-state index < -0.39 is 6.17 Å². The molecule has 158 valence electrons. The summed E-state index contributed by atoms with van der Waals surface area (Å²) in [5.41, 5.74) is 3.13. The first-order valence-corrected chi connectivity index (χ1v) is 10.6. The molecule has 6 nitrogen and oxygen atoms in total. The Balaban J connectivity index is 1.90. The summed E-state index contributed by atoms with van der Waals surface area (Å²) in [7, 11) is 1.73. The summed E-state index contributed by atoms with van der Waals surface area (Å²) in [6.45, 7) is 5.58. The highest BCUT2D eigenvalue weighted by Gasteiger charge is 2.30. The van der Waals surface area contributed by atoms with Gasteiger partial charge < -0.3 is 20.9 Å². The summed E-state index contributed by atoms with van der Waals surface area (Å²) < 4.78 is 0. The molecule has 0 bridgehead atoms. The maximum atomic E-state index is 13.1. The highest BCUT2D eigenvalue weighted by Crippen LogP contribution is 2.29. The number of nitrogens with one attached hydrogen (secondary N) is 3. The molecule has 0 aliphatic carbocycles. The van der Waals surface area contributed by atoms with Gasteiger partial charge in [-0.05, 0) is 30.4 Å². The standard InChI is InChI=1S/C22H26ClN5OS/c1-14(2)24-11-12-25-22(30)27-20-21(29)28(3)18-10-9-16(23)13-17(18)19(26-20)15-7-5-4-6-8-15/h4-10,13-14,20,24H,11-12H2,1-3H3,(H2,25,27,30). The monoisotopic (exact) mass is 443 g/mol. The minimum Gasteiger partial charge on any atom is -0.361 e. The molecule has 8 heteroatoms. The summed E-state index contributed by atoms with van der Waals surface area (Å²) in [6.07, 6.45) is -0.852. The number of nitrogens with zero attached hydrogens (tertiary/aromatic N) is 2. The van der Waals surface area contributed by atoms with E-state index in [1.54, 1.807) is 18.0 Å². The van der Waals surface area contributed by atoms with E-state index >= 15 is 0 Å². The molecular weight excluding hydrogens is 418 g/mol. The highest BCUT2D eigenvalue weighted by atomic mass is 35.5. The summed E-state index contributed by atoms with van der Waals surface area (Å²) in [5.74, 6) is -0.200. The molecular formula is C22H26ClN5OS. The molecule has 2 aromatic rings. The van der Waals surface area contributed by atoms with Gasteiger partial charge in [-0.3, -0.25) is 4.79 Å². The number of likely N-dealkylation sites (N-methyl/N-ethyl adjacent to an activating group) is 1. The topological polar surface area (TPSA) is 68.8 Å². The van der Waals surface area contributed by atoms with E-state index in [1.807, 2.05) is 42.5 Å². The number of anilines is 1. The number of amides is 1. The number of carbonyl (C=O) groups is 1. The van der Waals surface area contributed by atoms with Gasteiger partial charge in [-0.25, -0.2) is 4.99 Å². The van der Waals surface area contributed by atoms with Crippen molar-refractivity contribution in [1.29, 1.82) is 0 Å². The van der Waals surface area contributed by atoms with Crippen LogP contribution in [0.2, 0.25) is 5.02 Å². The minimum absolute atomic E-state index is 0.200. The third kappa shape index (κ3) is 5.36. The van der Waals surface area contributed by atoms with E-state index in [2.05, 4.69) is 29.8 Å². The predicted octanol–water partition coefficient (Wildman–Crippen LogP) is 2.94. The first-order chi connectivity index (χ1) is 14.4. The molecule has 3 N–H and O–H groups in total. The Morgan fingerprint density at radius 1 is 1.20 bits per heavy atom. The van der Waals surface area contributed by atoms with Gasteiger partial charge in [-0.1, -0.05) is 55.8 Å². The number of aliphatic imine (C=N–C) groups is 1. The molecule has 0 radical (unpaired) electrons. The van der Waals surface area contributed by atoms with E-state index in [1.165, 1.54) is 0 Å². The molecule has 30 heavy (non-hydrogen) atoms. The Kier molecular flexibility index (Phi) is 7.42. The molecule has 0 fully saturated rings. The van der Waals surface area contributed by atoms with Crippen LogP contribution in [0.1, 0.15) is 25.0 Å². The number of thiocarbonyl (C=S) groups is 1. The molecule has 1 heterocycles. The normalized spacial score (nSPS) is 16.0. The average Bonchev–Trinajstić information content (AvgIpc) is 2.82. The molecule has 1 amide bonds. The zero-order chi connectivity index (χ0) is 21.7. The second kappa shape index (κ2) is 10.0. The summed E-state index contributed by atoms with van der Waals surface area (Å²) >= 11 is 11.7. The second-order valence-corrected chi connectivity index (χ2v) is 8.16. The second-order valence-electron chi connectivity index (χ2n) is 7.31. The first kappa shape index (κ1) is 22.2. The van der Waals surface area contributed by atoms with Crippen LogP contribution in [0.4, 0.5) is 5.69 Å². The van der Waals surface area contributed by atoms with Crippen LogP contribution in [0.5, 0.6) is 0 Å². The molecule has 1 unspecified atom stereocenters. The van der Waals surface area contributed by atoms with Crippen LogP contribution in [-0.2, 0) is 4.79 Å². The third-order valence-electron chi connectivity index (χ3n) is 4.68. The lowest BCUT2D eigenvalue weighted by molar-refractivity contribution is -0.119. The Hall–Kier alpha value is -2.48. The third-order valence-corrected chi connectivity index (χ3v) is 5.17. The van der Waals surface area contributed by atoms with Crippen LogP contribution >= 0.6 is 23.8 Å². The summed E-state index contributed by atoms with van der Waals surface area (Å²) in [4.78, 5) is 19.5.